The van der Waals surface area contributed by atoms with E-state index in [4.69, 9.17) is 12.2 Å². The first-order valence-corrected chi connectivity index (χ1v) is 7.91. The predicted octanol–water partition coefficient (Wildman–Crippen LogP) is 2.42. The highest BCUT2D eigenvalue weighted by atomic mass is 32.2. The van der Waals surface area contributed by atoms with E-state index >= 15 is 0 Å². The molecule has 0 aliphatic carbocycles. The largest absolute Gasteiger partial charge is 0.348 e. The molecule has 1 atom stereocenters. The molecule has 1 aliphatic rings. The van der Waals surface area contributed by atoms with E-state index < -0.39 is 0 Å². The number of nitrogens with one attached hydrogen (secondary N) is 2. The van der Waals surface area contributed by atoms with Crippen molar-refractivity contribution in [2.24, 2.45) is 0 Å². The van der Waals surface area contributed by atoms with Crippen molar-refractivity contribution < 1.29 is 4.79 Å². The molecule has 19 heavy (non-hydrogen) atoms. The standard InChI is InChI=1S/C12H20N4OS2/c1-8(2)16-9(14-15-11(16)18)7-13-10(17)12(3)5-4-6-19-12/h8H,4-7H2,1-3H3,(H,13,17)(H,15,18). The zero-order chi connectivity index (χ0) is 14.0. The van der Waals surface area contributed by atoms with E-state index in [1.807, 2.05) is 25.3 Å². The molecule has 5 nitrogen and oxygen atoms in total. The number of H-pyrrole nitrogens is 1. The SMILES string of the molecule is CC(C)n1c(CNC(=O)C2(C)CCCS2)n[nH]c1=S. The molecule has 2 heterocycles. The Labute approximate surface area is 122 Å². The molecule has 1 fully saturated rings. The minimum Gasteiger partial charge on any atom is -0.348 e. The van der Waals surface area contributed by atoms with Gasteiger partial charge < -0.3 is 9.88 Å². The fourth-order valence-electron chi connectivity index (χ4n) is 2.30. The second kappa shape index (κ2) is 5.66. The second-order valence-corrected chi connectivity index (χ2v) is 7.26. The summed E-state index contributed by atoms with van der Waals surface area (Å²) in [5, 5.41) is 9.94. The number of carbonyl (C=O) groups excluding carboxylic acids is 1. The molecule has 1 unspecified atom stereocenters. The van der Waals surface area contributed by atoms with E-state index in [0.29, 0.717) is 11.3 Å². The van der Waals surface area contributed by atoms with Gasteiger partial charge in [-0.25, -0.2) is 0 Å². The van der Waals surface area contributed by atoms with Gasteiger partial charge in [-0.2, -0.15) is 5.10 Å². The van der Waals surface area contributed by atoms with Crippen molar-refractivity contribution in [3.8, 4) is 0 Å². The first kappa shape index (κ1) is 14.6. The molecule has 7 heteroatoms. The lowest BCUT2D eigenvalue weighted by Crippen LogP contribution is -2.40. The molecular formula is C12H20N4OS2. The van der Waals surface area contributed by atoms with Crippen LogP contribution in [0, 0.1) is 4.77 Å². The highest BCUT2D eigenvalue weighted by Crippen LogP contribution is 2.37. The Hall–Kier alpha value is -0.820. The van der Waals surface area contributed by atoms with Crippen LogP contribution in [0.5, 0.6) is 0 Å². The van der Waals surface area contributed by atoms with Crippen molar-refractivity contribution in [2.75, 3.05) is 5.75 Å². The lowest BCUT2D eigenvalue weighted by Gasteiger charge is -2.21. The lowest BCUT2D eigenvalue weighted by atomic mass is 10.1. The maximum Gasteiger partial charge on any atom is 0.236 e. The smallest absolute Gasteiger partial charge is 0.236 e. The maximum atomic E-state index is 12.2. The Kier molecular flexibility index (Phi) is 4.35. The van der Waals surface area contributed by atoms with E-state index in [-0.39, 0.29) is 16.7 Å². The Morgan fingerprint density at radius 2 is 2.42 bits per heavy atom. The number of hydrogen-bond acceptors (Lipinski definition) is 4. The molecule has 1 saturated heterocycles. The van der Waals surface area contributed by atoms with Gasteiger partial charge in [0.15, 0.2) is 10.6 Å². The van der Waals surface area contributed by atoms with Crippen molar-refractivity contribution in [3.05, 3.63) is 10.6 Å². The van der Waals surface area contributed by atoms with E-state index in [0.717, 1.165) is 24.4 Å². The second-order valence-electron chi connectivity index (χ2n) is 5.27. The Balaban J connectivity index is 2.03. The van der Waals surface area contributed by atoms with Crippen molar-refractivity contribution in [1.29, 1.82) is 0 Å². The average Bonchev–Trinajstić information content (AvgIpc) is 2.93. The van der Waals surface area contributed by atoms with Crippen molar-refractivity contribution >= 4 is 29.9 Å². The highest BCUT2D eigenvalue weighted by molar-refractivity contribution is 8.01. The van der Waals surface area contributed by atoms with Crippen LogP contribution in [0.25, 0.3) is 0 Å². The van der Waals surface area contributed by atoms with E-state index in [1.54, 1.807) is 11.8 Å². The van der Waals surface area contributed by atoms with Crippen LogP contribution < -0.4 is 5.32 Å². The molecule has 1 aliphatic heterocycles. The normalized spacial score (nSPS) is 22.9. The van der Waals surface area contributed by atoms with Gasteiger partial charge in [0, 0.05) is 6.04 Å². The molecule has 1 aromatic rings. The van der Waals surface area contributed by atoms with Crippen LogP contribution in [0.4, 0.5) is 0 Å². The summed E-state index contributed by atoms with van der Waals surface area (Å²) in [5.41, 5.74) is 0. The summed E-state index contributed by atoms with van der Waals surface area (Å²) >= 11 is 6.92. The summed E-state index contributed by atoms with van der Waals surface area (Å²) < 4.78 is 2.25. The van der Waals surface area contributed by atoms with E-state index in [2.05, 4.69) is 15.5 Å². The van der Waals surface area contributed by atoms with Gasteiger partial charge >= 0.3 is 0 Å². The van der Waals surface area contributed by atoms with Crippen LogP contribution in [0.1, 0.15) is 45.5 Å². The third-order valence-electron chi connectivity index (χ3n) is 3.40. The number of rotatable bonds is 4. The van der Waals surface area contributed by atoms with Gasteiger partial charge in [-0.05, 0) is 51.6 Å². The molecule has 2 N–H and O–H groups in total. The molecule has 1 amide bonds. The van der Waals surface area contributed by atoms with Crippen LogP contribution >= 0.6 is 24.0 Å². The van der Waals surface area contributed by atoms with E-state index in [9.17, 15) is 4.79 Å². The van der Waals surface area contributed by atoms with E-state index in [1.165, 1.54) is 0 Å². The Morgan fingerprint density at radius 1 is 1.68 bits per heavy atom. The first-order chi connectivity index (χ1) is 8.94. The topological polar surface area (TPSA) is 62.7 Å². The fourth-order valence-corrected chi connectivity index (χ4v) is 3.89. The lowest BCUT2D eigenvalue weighted by molar-refractivity contribution is -0.123. The van der Waals surface area contributed by atoms with Crippen molar-refractivity contribution in [1.82, 2.24) is 20.1 Å². The molecular weight excluding hydrogens is 280 g/mol. The Morgan fingerprint density at radius 3 is 3.00 bits per heavy atom. The third kappa shape index (κ3) is 3.02. The minimum absolute atomic E-state index is 0.0965. The number of aromatic nitrogens is 3. The van der Waals surface area contributed by atoms with Gasteiger partial charge in [-0.1, -0.05) is 0 Å². The molecule has 0 spiro atoms. The van der Waals surface area contributed by atoms with Gasteiger partial charge in [-0.15, -0.1) is 11.8 Å². The molecule has 0 saturated carbocycles. The maximum absolute atomic E-state index is 12.2. The molecule has 0 bridgehead atoms. The highest BCUT2D eigenvalue weighted by Gasteiger charge is 2.37. The van der Waals surface area contributed by atoms with Crippen LogP contribution in [0.3, 0.4) is 0 Å². The number of aromatic amines is 1. The summed E-state index contributed by atoms with van der Waals surface area (Å²) in [6.07, 6.45) is 2.06. The van der Waals surface area contributed by atoms with Crippen LogP contribution in [0.15, 0.2) is 0 Å². The third-order valence-corrected chi connectivity index (χ3v) is 5.21. The van der Waals surface area contributed by atoms with Crippen molar-refractivity contribution in [3.63, 3.8) is 0 Å². The number of hydrogen-bond donors (Lipinski definition) is 2. The number of carbonyl (C=O) groups is 1. The minimum atomic E-state index is -0.282. The monoisotopic (exact) mass is 300 g/mol. The average molecular weight is 300 g/mol. The van der Waals surface area contributed by atoms with Gasteiger partial charge in [0.05, 0.1) is 11.3 Å². The van der Waals surface area contributed by atoms with Crippen LogP contribution in [-0.4, -0.2) is 31.2 Å². The summed E-state index contributed by atoms with van der Waals surface area (Å²) in [6.45, 7) is 6.52. The number of thioether (sulfide) groups is 1. The summed E-state index contributed by atoms with van der Waals surface area (Å²) in [6, 6.07) is 0.231. The number of nitrogens with zero attached hydrogens (tertiary/aromatic N) is 2. The van der Waals surface area contributed by atoms with Crippen LogP contribution in [0.2, 0.25) is 0 Å². The summed E-state index contributed by atoms with van der Waals surface area (Å²) in [5.74, 6) is 1.94. The predicted molar refractivity (Wildman–Crippen MR) is 79.7 cm³/mol. The molecule has 106 valence electrons. The molecule has 0 radical (unpaired) electrons. The first-order valence-electron chi connectivity index (χ1n) is 6.52. The zero-order valence-electron chi connectivity index (χ0n) is 11.5. The van der Waals surface area contributed by atoms with Gasteiger partial charge in [0.1, 0.15) is 0 Å². The van der Waals surface area contributed by atoms with Gasteiger partial charge in [-0.3, -0.25) is 9.89 Å². The van der Waals surface area contributed by atoms with Gasteiger partial charge in [0.2, 0.25) is 5.91 Å². The fraction of sp³-hybridized carbons (Fsp3) is 0.750. The zero-order valence-corrected chi connectivity index (χ0v) is 13.2. The molecule has 0 aromatic carbocycles. The molecule has 2 rings (SSSR count). The summed E-state index contributed by atoms with van der Waals surface area (Å²) in [4.78, 5) is 12.2. The Bertz CT molecular complexity index is 514. The quantitative estimate of drug-likeness (QED) is 0.838. The molecule has 1 aromatic heterocycles. The van der Waals surface area contributed by atoms with Crippen molar-refractivity contribution in [2.45, 2.75) is 50.9 Å². The summed E-state index contributed by atoms with van der Waals surface area (Å²) in [7, 11) is 0. The van der Waals surface area contributed by atoms with Gasteiger partial charge in [0.25, 0.3) is 0 Å². The van der Waals surface area contributed by atoms with Crippen LogP contribution in [-0.2, 0) is 11.3 Å². The number of amides is 1.